The molecule has 1 aromatic carbocycles. The molecule has 1 atom stereocenters. The van der Waals surface area contributed by atoms with Crippen LogP contribution in [0.15, 0.2) is 41.4 Å². The number of amides is 1. The first-order valence-electron chi connectivity index (χ1n) is 11.1. The summed E-state index contributed by atoms with van der Waals surface area (Å²) in [5.41, 5.74) is 0.498. The van der Waals surface area contributed by atoms with Gasteiger partial charge in [-0.05, 0) is 62.5 Å². The Morgan fingerprint density at radius 3 is 2.67 bits per heavy atom. The monoisotopic (exact) mass is 429 g/mol. The average Bonchev–Trinajstić information content (AvgIpc) is 2.77. The van der Waals surface area contributed by atoms with Gasteiger partial charge in [0, 0.05) is 37.1 Å². The van der Waals surface area contributed by atoms with E-state index in [9.17, 15) is 13.2 Å². The average molecular weight is 430 g/mol. The number of sulfonamides is 1. The van der Waals surface area contributed by atoms with E-state index in [0.717, 1.165) is 50.6 Å². The van der Waals surface area contributed by atoms with E-state index < -0.39 is 10.0 Å². The fourth-order valence-electron chi connectivity index (χ4n) is 4.86. The number of nitrogens with one attached hydrogen (secondary N) is 1. The standard InChI is InChI=1S/C23H31N3O3S/c1-17-5-4-14-26(16-17)23(27)20-11-9-18(10-12-20)15-25-30(28,29)21-8-2-6-19-7-3-13-24-22(19)21/h2-3,6-8,13,17-18,20,25H,4-5,9-12,14-16H2,1H3. The molecule has 2 aliphatic rings. The number of likely N-dealkylation sites (tertiary alicyclic amines) is 1. The molecule has 1 unspecified atom stereocenters. The van der Waals surface area contributed by atoms with Crippen LogP contribution in [0.5, 0.6) is 0 Å². The molecule has 2 heterocycles. The lowest BCUT2D eigenvalue weighted by Gasteiger charge is -2.36. The molecule has 162 valence electrons. The van der Waals surface area contributed by atoms with Gasteiger partial charge in [-0.25, -0.2) is 13.1 Å². The lowest BCUT2D eigenvalue weighted by molar-refractivity contribution is -0.138. The van der Waals surface area contributed by atoms with Crippen molar-refractivity contribution in [2.75, 3.05) is 19.6 Å². The highest BCUT2D eigenvalue weighted by Gasteiger charge is 2.31. The van der Waals surface area contributed by atoms with E-state index in [1.807, 2.05) is 12.1 Å². The maximum absolute atomic E-state index is 12.9. The van der Waals surface area contributed by atoms with Gasteiger partial charge in [0.25, 0.3) is 0 Å². The van der Waals surface area contributed by atoms with E-state index in [0.29, 0.717) is 23.9 Å². The Morgan fingerprint density at radius 2 is 1.90 bits per heavy atom. The van der Waals surface area contributed by atoms with Crippen molar-refractivity contribution < 1.29 is 13.2 Å². The largest absolute Gasteiger partial charge is 0.342 e. The number of hydrogen-bond acceptors (Lipinski definition) is 4. The van der Waals surface area contributed by atoms with Gasteiger partial charge in [0.05, 0.1) is 5.52 Å². The van der Waals surface area contributed by atoms with Crippen LogP contribution < -0.4 is 4.72 Å². The van der Waals surface area contributed by atoms with Crippen LogP contribution in [0, 0.1) is 17.8 Å². The molecule has 1 aliphatic heterocycles. The lowest BCUT2D eigenvalue weighted by atomic mass is 9.81. The fourth-order valence-corrected chi connectivity index (χ4v) is 6.15. The number of carbonyl (C=O) groups is 1. The molecule has 1 N–H and O–H groups in total. The zero-order chi connectivity index (χ0) is 21.1. The van der Waals surface area contributed by atoms with Gasteiger partial charge in [-0.1, -0.05) is 25.1 Å². The molecule has 6 nitrogen and oxygen atoms in total. The smallest absolute Gasteiger partial charge is 0.242 e. The summed E-state index contributed by atoms with van der Waals surface area (Å²) in [6, 6.07) is 8.88. The topological polar surface area (TPSA) is 79.4 Å². The Hall–Kier alpha value is -1.99. The van der Waals surface area contributed by atoms with Crippen molar-refractivity contribution in [2.45, 2.75) is 50.3 Å². The minimum absolute atomic E-state index is 0.102. The first-order valence-corrected chi connectivity index (χ1v) is 12.5. The predicted molar refractivity (Wildman–Crippen MR) is 117 cm³/mol. The summed E-state index contributed by atoms with van der Waals surface area (Å²) in [7, 11) is -3.63. The van der Waals surface area contributed by atoms with Crippen LogP contribution in [0.4, 0.5) is 0 Å². The van der Waals surface area contributed by atoms with Crippen LogP contribution in [-0.2, 0) is 14.8 Å². The first-order chi connectivity index (χ1) is 14.4. The molecule has 1 amide bonds. The predicted octanol–water partition coefficient (Wildman–Crippen LogP) is 3.58. The summed E-state index contributed by atoms with van der Waals surface area (Å²) in [6.07, 6.45) is 7.41. The minimum atomic E-state index is -3.63. The van der Waals surface area contributed by atoms with Gasteiger partial charge in [-0.2, -0.15) is 0 Å². The second kappa shape index (κ2) is 9.02. The van der Waals surface area contributed by atoms with E-state index in [1.54, 1.807) is 24.4 Å². The van der Waals surface area contributed by atoms with Gasteiger partial charge in [0.15, 0.2) is 0 Å². The zero-order valence-corrected chi connectivity index (χ0v) is 18.4. The summed E-state index contributed by atoms with van der Waals surface area (Å²) < 4.78 is 28.6. The fraction of sp³-hybridized carbons (Fsp3) is 0.565. The quantitative estimate of drug-likeness (QED) is 0.788. The van der Waals surface area contributed by atoms with Gasteiger partial charge in [-0.3, -0.25) is 9.78 Å². The minimum Gasteiger partial charge on any atom is -0.342 e. The number of hydrogen-bond donors (Lipinski definition) is 1. The zero-order valence-electron chi connectivity index (χ0n) is 17.6. The molecule has 1 aliphatic carbocycles. The molecule has 0 bridgehead atoms. The number of carbonyl (C=O) groups excluding carboxylic acids is 1. The molecular weight excluding hydrogens is 398 g/mol. The maximum Gasteiger partial charge on any atom is 0.242 e. The maximum atomic E-state index is 12.9. The number of benzene rings is 1. The summed E-state index contributed by atoms with van der Waals surface area (Å²) in [5.74, 6) is 1.27. The van der Waals surface area contributed by atoms with Crippen molar-refractivity contribution >= 4 is 26.8 Å². The van der Waals surface area contributed by atoms with Crippen molar-refractivity contribution in [3.8, 4) is 0 Å². The third kappa shape index (κ3) is 4.67. The van der Waals surface area contributed by atoms with Gasteiger partial charge in [0.2, 0.25) is 15.9 Å². The number of piperidine rings is 1. The van der Waals surface area contributed by atoms with Crippen LogP contribution in [0.25, 0.3) is 10.9 Å². The molecule has 1 saturated carbocycles. The van der Waals surface area contributed by atoms with E-state index in [2.05, 4.69) is 21.5 Å². The summed E-state index contributed by atoms with van der Waals surface area (Å²) in [5, 5.41) is 0.812. The number of aromatic nitrogens is 1. The van der Waals surface area contributed by atoms with E-state index in [-0.39, 0.29) is 16.7 Å². The molecule has 2 fully saturated rings. The Balaban J connectivity index is 1.32. The summed E-state index contributed by atoms with van der Waals surface area (Å²) in [4.78, 5) is 19.4. The Labute approximate surface area is 179 Å². The molecule has 30 heavy (non-hydrogen) atoms. The van der Waals surface area contributed by atoms with Crippen molar-refractivity contribution in [3.05, 3.63) is 36.5 Å². The summed E-state index contributed by atoms with van der Waals surface area (Å²) in [6.45, 7) is 4.40. The number of rotatable bonds is 5. The first kappa shape index (κ1) is 21.2. The molecule has 1 aromatic heterocycles. The number of para-hydroxylation sites is 1. The second-order valence-electron chi connectivity index (χ2n) is 8.93. The van der Waals surface area contributed by atoms with Crippen molar-refractivity contribution in [2.24, 2.45) is 17.8 Å². The van der Waals surface area contributed by atoms with E-state index in [4.69, 9.17) is 0 Å². The molecule has 7 heteroatoms. The highest BCUT2D eigenvalue weighted by molar-refractivity contribution is 7.89. The van der Waals surface area contributed by atoms with E-state index >= 15 is 0 Å². The normalized spacial score (nSPS) is 25.4. The molecule has 1 saturated heterocycles. The van der Waals surface area contributed by atoms with Gasteiger partial charge < -0.3 is 4.90 Å². The van der Waals surface area contributed by atoms with Crippen molar-refractivity contribution in [3.63, 3.8) is 0 Å². The third-order valence-corrected chi connectivity index (χ3v) is 8.07. The van der Waals surface area contributed by atoms with Gasteiger partial charge in [0.1, 0.15) is 4.90 Å². The molecular formula is C23H31N3O3S. The lowest BCUT2D eigenvalue weighted by Crippen LogP contribution is -2.43. The van der Waals surface area contributed by atoms with Crippen LogP contribution in [0.1, 0.15) is 45.4 Å². The van der Waals surface area contributed by atoms with Gasteiger partial charge >= 0.3 is 0 Å². The van der Waals surface area contributed by atoms with Crippen molar-refractivity contribution in [1.29, 1.82) is 0 Å². The number of pyridine rings is 1. The Bertz CT molecular complexity index is 994. The van der Waals surface area contributed by atoms with Crippen LogP contribution >= 0.6 is 0 Å². The van der Waals surface area contributed by atoms with Gasteiger partial charge in [-0.15, -0.1) is 0 Å². The SMILES string of the molecule is CC1CCCN(C(=O)C2CCC(CNS(=O)(=O)c3cccc4cccnc34)CC2)C1. The third-order valence-electron chi connectivity index (χ3n) is 6.61. The van der Waals surface area contributed by atoms with E-state index in [1.165, 1.54) is 6.42 Å². The van der Waals surface area contributed by atoms with Crippen LogP contribution in [-0.4, -0.2) is 43.8 Å². The highest BCUT2D eigenvalue weighted by atomic mass is 32.2. The second-order valence-corrected chi connectivity index (χ2v) is 10.7. The van der Waals surface area contributed by atoms with Crippen LogP contribution in [0.2, 0.25) is 0 Å². The highest BCUT2D eigenvalue weighted by Crippen LogP contribution is 2.31. The van der Waals surface area contributed by atoms with Crippen molar-refractivity contribution in [1.82, 2.24) is 14.6 Å². The summed E-state index contributed by atoms with van der Waals surface area (Å²) >= 11 is 0. The molecule has 0 radical (unpaired) electrons. The van der Waals surface area contributed by atoms with Crippen LogP contribution in [0.3, 0.4) is 0 Å². The Morgan fingerprint density at radius 1 is 1.13 bits per heavy atom. The molecule has 4 rings (SSSR count). The molecule has 0 spiro atoms. The number of nitrogens with zero attached hydrogens (tertiary/aromatic N) is 2. The number of fused-ring (bicyclic) bond motifs is 1. The Kier molecular flexibility index (Phi) is 6.39. The molecule has 2 aromatic rings.